The molecule has 0 radical (unpaired) electrons. The van der Waals surface area contributed by atoms with E-state index < -0.39 is 23.7 Å². The number of nitrogens with one attached hydrogen (secondary N) is 2. The summed E-state index contributed by atoms with van der Waals surface area (Å²) in [5, 5.41) is 6.04. The van der Waals surface area contributed by atoms with E-state index in [0.29, 0.717) is 16.4 Å². The van der Waals surface area contributed by atoms with Crippen LogP contribution in [0.5, 0.6) is 0 Å². The van der Waals surface area contributed by atoms with Gasteiger partial charge in [-0.05, 0) is 32.1 Å². The quantitative estimate of drug-likeness (QED) is 0.663. The predicted octanol–water partition coefficient (Wildman–Crippen LogP) is 2.43. The Morgan fingerprint density at radius 2 is 2.10 bits per heavy atom. The minimum atomic E-state index is -0.754. The maximum absolute atomic E-state index is 14.0. The maximum Gasteiger partial charge on any atom is 0.317 e. The summed E-state index contributed by atoms with van der Waals surface area (Å²) in [6.07, 6.45) is -0.263. The van der Waals surface area contributed by atoms with Crippen LogP contribution in [0.4, 0.5) is 4.39 Å². The maximum atomic E-state index is 14.0. The van der Waals surface area contributed by atoms with Crippen LogP contribution in [-0.4, -0.2) is 17.2 Å². The van der Waals surface area contributed by atoms with Gasteiger partial charge in [0, 0.05) is 11.3 Å². The Bertz CT molecular complexity index is 589. The minimum absolute atomic E-state index is 0.263. The number of hydrogen-bond donors (Lipinski definition) is 2. The molecule has 0 saturated carbocycles. The number of halogens is 1. The number of thiocarbonyl (C=S) groups is 1. The van der Waals surface area contributed by atoms with Crippen molar-refractivity contribution in [1.29, 1.82) is 0 Å². The number of hydrogen-bond acceptors (Lipinski definition) is 3. The molecule has 0 aromatic heterocycles. The molecule has 0 spiro atoms. The normalized spacial score (nSPS) is 21.7. The van der Waals surface area contributed by atoms with E-state index in [1.165, 1.54) is 6.07 Å². The molecule has 2 N–H and O–H groups in total. The predicted molar refractivity (Wildman–Crippen MR) is 81.9 cm³/mol. The molecule has 1 aromatic rings. The first-order chi connectivity index (χ1) is 9.90. The monoisotopic (exact) mass is 308 g/mol. The third-order valence-corrected chi connectivity index (χ3v) is 3.34. The molecule has 0 aliphatic carbocycles. The van der Waals surface area contributed by atoms with Crippen LogP contribution in [0.25, 0.3) is 0 Å². The van der Waals surface area contributed by atoms with Crippen molar-refractivity contribution < 1.29 is 13.9 Å². The molecule has 21 heavy (non-hydrogen) atoms. The standard InChI is InChI=1S/C15H17FN2O2S/c1-8(2)20-14(19)12-9(3)17-15(21)18-13(12)10-6-4-5-7-11(10)16/h4-8,12-13H,3H2,1-2H3,(H2,17,18,21). The lowest BCUT2D eigenvalue weighted by molar-refractivity contribution is -0.152. The highest BCUT2D eigenvalue weighted by molar-refractivity contribution is 7.80. The van der Waals surface area contributed by atoms with Crippen LogP contribution in [0.15, 0.2) is 36.5 Å². The van der Waals surface area contributed by atoms with Crippen LogP contribution in [0.2, 0.25) is 0 Å². The van der Waals surface area contributed by atoms with Crippen molar-refractivity contribution in [2.75, 3.05) is 0 Å². The zero-order valence-corrected chi connectivity index (χ0v) is 12.7. The Labute approximate surface area is 128 Å². The molecule has 6 heteroatoms. The lowest BCUT2D eigenvalue weighted by Gasteiger charge is -2.35. The van der Waals surface area contributed by atoms with Gasteiger partial charge in [-0.3, -0.25) is 4.79 Å². The molecule has 1 saturated heterocycles. The zero-order valence-electron chi connectivity index (χ0n) is 11.9. The molecule has 0 bridgehead atoms. The number of rotatable bonds is 3. The molecule has 0 amide bonds. The summed E-state index contributed by atoms with van der Waals surface area (Å²) in [4.78, 5) is 12.3. The van der Waals surface area contributed by atoms with Gasteiger partial charge in [-0.1, -0.05) is 24.8 Å². The van der Waals surface area contributed by atoms with E-state index in [0.717, 1.165) is 0 Å². The molecule has 2 unspecified atom stereocenters. The molecule has 112 valence electrons. The van der Waals surface area contributed by atoms with Crippen molar-refractivity contribution in [2.45, 2.75) is 26.0 Å². The zero-order chi connectivity index (χ0) is 15.6. The van der Waals surface area contributed by atoms with Crippen LogP contribution in [0.3, 0.4) is 0 Å². The number of carbonyl (C=O) groups excluding carboxylic acids is 1. The summed E-state index contributed by atoms with van der Waals surface area (Å²) < 4.78 is 19.3. The Balaban J connectivity index is 2.38. The molecule has 1 aliphatic heterocycles. The van der Waals surface area contributed by atoms with Gasteiger partial charge in [0.2, 0.25) is 0 Å². The lowest BCUT2D eigenvalue weighted by atomic mass is 9.89. The van der Waals surface area contributed by atoms with Gasteiger partial charge in [-0.2, -0.15) is 0 Å². The first-order valence-electron chi connectivity index (χ1n) is 6.61. The summed E-state index contributed by atoms with van der Waals surface area (Å²) >= 11 is 5.07. The number of benzene rings is 1. The van der Waals surface area contributed by atoms with Crippen molar-refractivity contribution in [3.05, 3.63) is 47.9 Å². The third kappa shape index (κ3) is 3.39. The van der Waals surface area contributed by atoms with Crippen molar-refractivity contribution in [3.8, 4) is 0 Å². The van der Waals surface area contributed by atoms with Crippen molar-refractivity contribution in [3.63, 3.8) is 0 Å². The first kappa shape index (κ1) is 15.4. The molecular weight excluding hydrogens is 291 g/mol. The average molecular weight is 308 g/mol. The Morgan fingerprint density at radius 1 is 1.43 bits per heavy atom. The summed E-state index contributed by atoms with van der Waals surface area (Å²) in [6, 6.07) is 5.62. The number of carbonyl (C=O) groups is 1. The van der Waals surface area contributed by atoms with E-state index in [4.69, 9.17) is 17.0 Å². The molecular formula is C15H17FN2O2S. The van der Waals surface area contributed by atoms with Crippen molar-refractivity contribution in [1.82, 2.24) is 10.6 Å². The van der Waals surface area contributed by atoms with Gasteiger partial charge >= 0.3 is 5.97 Å². The average Bonchev–Trinajstić information content (AvgIpc) is 2.37. The van der Waals surface area contributed by atoms with E-state index in [2.05, 4.69) is 17.2 Å². The fourth-order valence-electron chi connectivity index (χ4n) is 2.25. The van der Waals surface area contributed by atoms with Crippen LogP contribution in [-0.2, 0) is 9.53 Å². The van der Waals surface area contributed by atoms with Gasteiger partial charge in [0.1, 0.15) is 11.7 Å². The summed E-state index contributed by atoms with van der Waals surface area (Å²) in [7, 11) is 0. The largest absolute Gasteiger partial charge is 0.462 e. The summed E-state index contributed by atoms with van der Waals surface area (Å²) in [5.41, 5.74) is 0.755. The number of ether oxygens (including phenoxy) is 1. The molecule has 1 fully saturated rings. The smallest absolute Gasteiger partial charge is 0.317 e. The van der Waals surface area contributed by atoms with Crippen LogP contribution < -0.4 is 10.6 Å². The van der Waals surface area contributed by atoms with Crippen LogP contribution in [0, 0.1) is 11.7 Å². The second kappa shape index (κ2) is 6.22. The Kier molecular flexibility index (Phi) is 4.57. The van der Waals surface area contributed by atoms with Gasteiger partial charge in [-0.25, -0.2) is 4.39 Å². The van der Waals surface area contributed by atoms with Crippen molar-refractivity contribution >= 4 is 23.3 Å². The second-order valence-corrected chi connectivity index (χ2v) is 5.49. The van der Waals surface area contributed by atoms with E-state index in [1.807, 2.05) is 0 Å². The Hall–Kier alpha value is -1.95. The van der Waals surface area contributed by atoms with Crippen molar-refractivity contribution in [2.24, 2.45) is 5.92 Å². The van der Waals surface area contributed by atoms with Gasteiger partial charge in [0.15, 0.2) is 5.11 Å². The Morgan fingerprint density at radius 3 is 2.71 bits per heavy atom. The van der Waals surface area contributed by atoms with Gasteiger partial charge in [0.25, 0.3) is 0 Å². The van der Waals surface area contributed by atoms with Gasteiger partial charge < -0.3 is 15.4 Å². The third-order valence-electron chi connectivity index (χ3n) is 3.12. The fourth-order valence-corrected chi connectivity index (χ4v) is 2.51. The SMILES string of the molecule is C=C1NC(=S)NC(c2ccccc2F)C1C(=O)OC(C)C. The minimum Gasteiger partial charge on any atom is -0.462 e. The van der Waals surface area contributed by atoms with Crippen LogP contribution >= 0.6 is 12.2 Å². The highest BCUT2D eigenvalue weighted by Crippen LogP contribution is 2.32. The highest BCUT2D eigenvalue weighted by atomic mass is 32.1. The van der Waals surface area contributed by atoms with E-state index in [9.17, 15) is 9.18 Å². The lowest BCUT2D eigenvalue weighted by Crippen LogP contribution is -2.51. The van der Waals surface area contributed by atoms with Gasteiger partial charge in [-0.15, -0.1) is 0 Å². The first-order valence-corrected chi connectivity index (χ1v) is 7.02. The van der Waals surface area contributed by atoms with E-state index >= 15 is 0 Å². The molecule has 1 aromatic carbocycles. The fraction of sp³-hybridized carbons (Fsp3) is 0.333. The molecule has 1 aliphatic rings. The second-order valence-electron chi connectivity index (χ2n) is 5.09. The molecule has 4 nitrogen and oxygen atoms in total. The summed E-state index contributed by atoms with van der Waals surface area (Å²) in [6.45, 7) is 7.33. The van der Waals surface area contributed by atoms with E-state index in [1.54, 1.807) is 32.0 Å². The topological polar surface area (TPSA) is 50.4 Å². The van der Waals surface area contributed by atoms with Crippen LogP contribution in [0.1, 0.15) is 25.5 Å². The molecule has 2 atom stereocenters. The van der Waals surface area contributed by atoms with E-state index in [-0.39, 0.29) is 6.10 Å². The molecule has 2 rings (SSSR count). The molecule has 1 heterocycles. The highest BCUT2D eigenvalue weighted by Gasteiger charge is 2.39. The van der Waals surface area contributed by atoms with Gasteiger partial charge in [0.05, 0.1) is 12.1 Å². The number of esters is 1. The summed E-state index contributed by atoms with van der Waals surface area (Å²) in [5.74, 6) is -1.63.